The maximum atomic E-state index is 12.1. The summed E-state index contributed by atoms with van der Waals surface area (Å²) in [5, 5.41) is 5.45. The number of sulfonamides is 1. The van der Waals surface area contributed by atoms with Crippen LogP contribution in [-0.2, 0) is 16.4 Å². The average Bonchev–Trinajstić information content (AvgIpc) is 2.44. The molecule has 0 saturated carbocycles. The predicted molar refractivity (Wildman–Crippen MR) is 88.2 cm³/mol. The smallest absolute Gasteiger partial charge is 0.242 e. The van der Waals surface area contributed by atoms with Crippen molar-refractivity contribution in [1.29, 1.82) is 0 Å². The first kappa shape index (κ1) is 18.8. The first-order valence-electron chi connectivity index (χ1n) is 7.58. The van der Waals surface area contributed by atoms with Crippen molar-refractivity contribution in [3.05, 3.63) is 17.2 Å². The number of rotatable bonds is 8. The number of unbranched alkanes of at least 4 members (excludes halogenated alkanes) is 2. The van der Waals surface area contributed by atoms with Gasteiger partial charge >= 0.3 is 0 Å². The fourth-order valence-electron chi connectivity index (χ4n) is 2.66. The normalized spacial score (nSPS) is 11.8. The molecule has 0 spiro atoms. The van der Waals surface area contributed by atoms with E-state index in [9.17, 15) is 8.42 Å². The summed E-state index contributed by atoms with van der Waals surface area (Å²) in [6.07, 6.45) is 3.61. The molecular formula is C16H27NO4S. The Balaban J connectivity index is 3.62. The van der Waals surface area contributed by atoms with Crippen molar-refractivity contribution in [3.8, 4) is 11.5 Å². The van der Waals surface area contributed by atoms with E-state index < -0.39 is 10.0 Å². The van der Waals surface area contributed by atoms with Crippen LogP contribution in [0.4, 0.5) is 0 Å². The SMILES string of the molecule is CCCCCc1cc(OC)c(C(C)C)c(OC)c1S(N)(=O)=O. The summed E-state index contributed by atoms with van der Waals surface area (Å²) in [5.41, 5.74) is 1.39. The van der Waals surface area contributed by atoms with Gasteiger partial charge in [0.25, 0.3) is 0 Å². The molecule has 6 heteroatoms. The number of methoxy groups -OCH3 is 2. The van der Waals surface area contributed by atoms with Crippen molar-refractivity contribution in [2.45, 2.75) is 57.3 Å². The monoisotopic (exact) mass is 329 g/mol. The van der Waals surface area contributed by atoms with E-state index in [1.165, 1.54) is 7.11 Å². The summed E-state index contributed by atoms with van der Waals surface area (Å²) in [5.74, 6) is 1.00. The third-order valence-electron chi connectivity index (χ3n) is 3.65. The van der Waals surface area contributed by atoms with Gasteiger partial charge in [0.05, 0.1) is 14.2 Å². The lowest BCUT2D eigenvalue weighted by atomic mass is 9.96. The van der Waals surface area contributed by atoms with Crippen molar-refractivity contribution in [2.24, 2.45) is 5.14 Å². The maximum Gasteiger partial charge on any atom is 0.242 e. The van der Waals surface area contributed by atoms with E-state index in [2.05, 4.69) is 6.92 Å². The minimum atomic E-state index is -3.87. The highest BCUT2D eigenvalue weighted by Crippen LogP contribution is 2.42. The van der Waals surface area contributed by atoms with Crippen LogP contribution in [0.1, 0.15) is 57.1 Å². The molecule has 0 aromatic heterocycles. The second-order valence-electron chi connectivity index (χ2n) is 5.67. The van der Waals surface area contributed by atoms with Gasteiger partial charge in [-0.1, -0.05) is 33.6 Å². The van der Waals surface area contributed by atoms with Gasteiger partial charge in [0.2, 0.25) is 10.0 Å². The lowest BCUT2D eigenvalue weighted by Crippen LogP contribution is -2.18. The minimum absolute atomic E-state index is 0.0510. The summed E-state index contributed by atoms with van der Waals surface area (Å²) in [6, 6.07) is 1.78. The first-order valence-corrected chi connectivity index (χ1v) is 9.13. The van der Waals surface area contributed by atoms with Gasteiger partial charge in [0, 0.05) is 5.56 Å². The summed E-state index contributed by atoms with van der Waals surface area (Å²) in [7, 11) is -0.835. The number of hydrogen-bond donors (Lipinski definition) is 1. The second kappa shape index (κ2) is 7.83. The summed E-state index contributed by atoms with van der Waals surface area (Å²) in [4.78, 5) is 0.0932. The fraction of sp³-hybridized carbons (Fsp3) is 0.625. The van der Waals surface area contributed by atoms with Gasteiger partial charge in [-0.15, -0.1) is 0 Å². The zero-order chi connectivity index (χ0) is 16.9. The molecule has 0 radical (unpaired) electrons. The molecule has 0 aliphatic heterocycles. The van der Waals surface area contributed by atoms with Crippen LogP contribution < -0.4 is 14.6 Å². The van der Waals surface area contributed by atoms with E-state index in [0.29, 0.717) is 23.5 Å². The zero-order valence-corrected chi connectivity index (χ0v) is 14.9. The molecule has 22 heavy (non-hydrogen) atoms. The van der Waals surface area contributed by atoms with Crippen LogP contribution in [0.5, 0.6) is 11.5 Å². The standard InChI is InChI=1S/C16H27NO4S/c1-6-7-8-9-12-10-13(20-4)14(11(2)3)15(21-5)16(12)22(17,18)19/h10-11H,6-9H2,1-5H3,(H2,17,18,19). The molecule has 0 unspecified atom stereocenters. The largest absolute Gasteiger partial charge is 0.496 e. The summed E-state index contributed by atoms with van der Waals surface area (Å²) >= 11 is 0. The molecule has 5 nitrogen and oxygen atoms in total. The third kappa shape index (κ3) is 4.14. The van der Waals surface area contributed by atoms with E-state index in [1.807, 2.05) is 13.8 Å². The predicted octanol–water partition coefficient (Wildman–Crippen LogP) is 3.21. The van der Waals surface area contributed by atoms with Crippen molar-refractivity contribution >= 4 is 10.0 Å². The first-order chi connectivity index (χ1) is 10.3. The Hall–Kier alpha value is -1.27. The topological polar surface area (TPSA) is 78.6 Å². The molecule has 0 aliphatic rings. The molecule has 0 atom stereocenters. The molecule has 1 aromatic rings. The van der Waals surface area contributed by atoms with Crippen LogP contribution in [0.2, 0.25) is 0 Å². The summed E-state index contributed by atoms with van der Waals surface area (Å²) < 4.78 is 35.1. The Morgan fingerprint density at radius 2 is 1.82 bits per heavy atom. The van der Waals surface area contributed by atoms with Crippen LogP contribution in [0.3, 0.4) is 0 Å². The van der Waals surface area contributed by atoms with E-state index in [4.69, 9.17) is 14.6 Å². The molecule has 0 heterocycles. The maximum absolute atomic E-state index is 12.1. The van der Waals surface area contributed by atoms with E-state index >= 15 is 0 Å². The number of hydrogen-bond acceptors (Lipinski definition) is 4. The molecule has 0 amide bonds. The van der Waals surface area contributed by atoms with Gasteiger partial charge in [-0.25, -0.2) is 13.6 Å². The second-order valence-corrected chi connectivity index (χ2v) is 7.17. The Morgan fingerprint density at radius 3 is 2.23 bits per heavy atom. The molecular weight excluding hydrogens is 302 g/mol. The Kier molecular flexibility index (Phi) is 6.68. The molecule has 0 saturated heterocycles. The van der Waals surface area contributed by atoms with Crippen molar-refractivity contribution in [3.63, 3.8) is 0 Å². The van der Waals surface area contributed by atoms with Gasteiger partial charge in [0.15, 0.2) is 0 Å². The molecule has 1 rings (SSSR count). The fourth-order valence-corrected chi connectivity index (χ4v) is 3.64. The Morgan fingerprint density at radius 1 is 1.18 bits per heavy atom. The average molecular weight is 329 g/mol. The molecule has 0 aliphatic carbocycles. The molecule has 1 aromatic carbocycles. The van der Waals surface area contributed by atoms with Gasteiger partial charge < -0.3 is 9.47 Å². The highest BCUT2D eigenvalue weighted by Gasteiger charge is 2.27. The molecule has 0 fully saturated rings. The Bertz CT molecular complexity index is 609. The molecule has 2 N–H and O–H groups in total. The van der Waals surface area contributed by atoms with Gasteiger partial charge in [-0.3, -0.25) is 0 Å². The summed E-state index contributed by atoms with van der Waals surface area (Å²) in [6.45, 7) is 6.03. The molecule has 0 bridgehead atoms. The van der Waals surface area contributed by atoms with Crippen LogP contribution in [0.25, 0.3) is 0 Å². The third-order valence-corrected chi connectivity index (χ3v) is 4.67. The quantitative estimate of drug-likeness (QED) is 0.743. The van der Waals surface area contributed by atoms with Crippen LogP contribution in [0, 0.1) is 0 Å². The van der Waals surface area contributed by atoms with Crippen molar-refractivity contribution in [2.75, 3.05) is 14.2 Å². The lowest BCUT2D eigenvalue weighted by molar-refractivity contribution is 0.372. The minimum Gasteiger partial charge on any atom is -0.496 e. The molecule has 126 valence electrons. The lowest BCUT2D eigenvalue weighted by Gasteiger charge is -2.21. The number of aryl methyl sites for hydroxylation is 1. The van der Waals surface area contributed by atoms with Crippen molar-refractivity contribution < 1.29 is 17.9 Å². The van der Waals surface area contributed by atoms with Gasteiger partial charge in [0.1, 0.15) is 16.4 Å². The number of benzene rings is 1. The highest BCUT2D eigenvalue weighted by molar-refractivity contribution is 7.89. The number of primary sulfonamides is 1. The highest BCUT2D eigenvalue weighted by atomic mass is 32.2. The van der Waals surface area contributed by atoms with E-state index in [0.717, 1.165) is 24.8 Å². The van der Waals surface area contributed by atoms with Crippen LogP contribution >= 0.6 is 0 Å². The van der Waals surface area contributed by atoms with Crippen molar-refractivity contribution in [1.82, 2.24) is 0 Å². The number of ether oxygens (including phenoxy) is 2. The van der Waals surface area contributed by atoms with Crippen LogP contribution in [0.15, 0.2) is 11.0 Å². The van der Waals surface area contributed by atoms with E-state index in [-0.39, 0.29) is 10.8 Å². The number of nitrogens with two attached hydrogens (primary N) is 1. The Labute approximate surface area is 133 Å². The van der Waals surface area contributed by atoms with Gasteiger partial charge in [-0.2, -0.15) is 0 Å². The van der Waals surface area contributed by atoms with Crippen LogP contribution in [-0.4, -0.2) is 22.6 Å². The zero-order valence-electron chi connectivity index (χ0n) is 14.1. The van der Waals surface area contributed by atoms with Gasteiger partial charge in [-0.05, 0) is 30.4 Å². The van der Waals surface area contributed by atoms with E-state index in [1.54, 1.807) is 13.2 Å².